The molecule has 0 radical (unpaired) electrons. The van der Waals surface area contributed by atoms with Crippen LogP contribution < -0.4 is 10.2 Å². The van der Waals surface area contributed by atoms with E-state index in [2.05, 4.69) is 57.7 Å². The second-order valence-electron chi connectivity index (χ2n) is 7.33. The number of hydrogen-bond donors (Lipinski definition) is 1. The van der Waals surface area contributed by atoms with Crippen LogP contribution in [0.2, 0.25) is 0 Å². The van der Waals surface area contributed by atoms with Crippen molar-refractivity contribution in [1.82, 2.24) is 15.0 Å². The van der Waals surface area contributed by atoms with Crippen LogP contribution in [0.15, 0.2) is 72.9 Å². The predicted octanol–water partition coefficient (Wildman–Crippen LogP) is 4.24. The molecule has 0 spiro atoms. The van der Waals surface area contributed by atoms with Gasteiger partial charge in [0.2, 0.25) is 5.95 Å². The maximum atomic E-state index is 4.91. The molecule has 5 nitrogen and oxygen atoms in total. The third-order valence-corrected chi connectivity index (χ3v) is 5.40. The van der Waals surface area contributed by atoms with Gasteiger partial charge in [-0.05, 0) is 41.8 Å². The number of para-hydroxylation sites is 1. The van der Waals surface area contributed by atoms with Crippen LogP contribution in [0.1, 0.15) is 16.8 Å². The van der Waals surface area contributed by atoms with Crippen molar-refractivity contribution < 1.29 is 0 Å². The Hall–Kier alpha value is -3.47. The highest BCUT2D eigenvalue weighted by molar-refractivity contribution is 5.90. The summed E-state index contributed by atoms with van der Waals surface area (Å²) in [5.74, 6) is 1.68. The molecule has 2 aromatic carbocycles. The normalized spacial score (nSPS) is 13.3. The number of nitrogens with one attached hydrogen (secondary N) is 1. The van der Waals surface area contributed by atoms with Gasteiger partial charge in [0, 0.05) is 43.3 Å². The lowest BCUT2D eigenvalue weighted by Crippen LogP contribution is -2.31. The molecule has 0 amide bonds. The molecule has 0 bridgehead atoms. The Morgan fingerprint density at radius 3 is 2.59 bits per heavy atom. The first-order valence-corrected chi connectivity index (χ1v) is 10.1. The molecule has 5 heteroatoms. The van der Waals surface area contributed by atoms with Crippen molar-refractivity contribution >= 4 is 22.7 Å². The molecule has 0 unspecified atom stereocenters. The summed E-state index contributed by atoms with van der Waals surface area (Å²) in [5, 5.41) is 4.49. The second-order valence-corrected chi connectivity index (χ2v) is 7.33. The van der Waals surface area contributed by atoms with Crippen LogP contribution in [0.4, 0.5) is 11.8 Å². The quantitative estimate of drug-likeness (QED) is 0.560. The minimum atomic E-state index is 0.675. The Balaban J connectivity index is 1.42. The van der Waals surface area contributed by atoms with Gasteiger partial charge in [0.15, 0.2) is 0 Å². The van der Waals surface area contributed by atoms with Gasteiger partial charge >= 0.3 is 0 Å². The number of fused-ring (bicyclic) bond motifs is 2. The van der Waals surface area contributed by atoms with E-state index in [4.69, 9.17) is 9.97 Å². The molecule has 1 N–H and O–H groups in total. The molecule has 4 aromatic rings. The number of benzene rings is 2. The van der Waals surface area contributed by atoms with Crippen LogP contribution in [0.3, 0.4) is 0 Å². The van der Waals surface area contributed by atoms with Crippen molar-refractivity contribution in [3.63, 3.8) is 0 Å². The van der Waals surface area contributed by atoms with Gasteiger partial charge in [0.1, 0.15) is 5.82 Å². The smallest absolute Gasteiger partial charge is 0.225 e. The largest absolute Gasteiger partial charge is 0.354 e. The third-order valence-electron chi connectivity index (χ3n) is 5.40. The molecule has 1 aliphatic rings. The highest BCUT2D eigenvalue weighted by atomic mass is 15.2. The number of rotatable bonds is 5. The molecular weight excluding hydrogens is 358 g/mol. The first kappa shape index (κ1) is 17.6. The van der Waals surface area contributed by atoms with Gasteiger partial charge in [-0.1, -0.05) is 42.5 Å². The monoisotopic (exact) mass is 381 g/mol. The fraction of sp³-hybridized carbons (Fsp3) is 0.208. The van der Waals surface area contributed by atoms with E-state index in [0.29, 0.717) is 5.95 Å². The standard InChI is InChI=1S/C24H23N5/c1-2-8-19-17-29(16-13-18(19)7-1)23-21-10-3-4-11-22(21)27-24(28-23)26-15-12-20-9-5-6-14-25-20/h1-11,14H,12-13,15-17H2,(H,26,27,28). The van der Waals surface area contributed by atoms with Gasteiger partial charge in [-0.25, -0.2) is 4.98 Å². The Bertz CT molecular complexity index is 1130. The summed E-state index contributed by atoms with van der Waals surface area (Å²) in [7, 11) is 0. The Morgan fingerprint density at radius 1 is 0.862 bits per heavy atom. The van der Waals surface area contributed by atoms with Gasteiger partial charge in [0.25, 0.3) is 0 Å². The summed E-state index contributed by atoms with van der Waals surface area (Å²) in [6, 6.07) is 22.9. The zero-order chi connectivity index (χ0) is 19.5. The average molecular weight is 381 g/mol. The molecule has 0 fully saturated rings. The SMILES string of the molecule is c1ccc(CCNc2nc(N3CCc4ccccc4C3)c3ccccc3n2)nc1. The van der Waals surface area contributed by atoms with Crippen molar-refractivity contribution in [2.75, 3.05) is 23.3 Å². The van der Waals surface area contributed by atoms with Crippen molar-refractivity contribution in [1.29, 1.82) is 0 Å². The lowest BCUT2D eigenvalue weighted by molar-refractivity contribution is 0.723. The molecule has 0 atom stereocenters. The fourth-order valence-corrected chi connectivity index (χ4v) is 3.90. The topological polar surface area (TPSA) is 53.9 Å². The highest BCUT2D eigenvalue weighted by Crippen LogP contribution is 2.29. The maximum absolute atomic E-state index is 4.91. The fourth-order valence-electron chi connectivity index (χ4n) is 3.90. The minimum absolute atomic E-state index is 0.675. The van der Waals surface area contributed by atoms with Crippen molar-refractivity contribution in [2.24, 2.45) is 0 Å². The Kier molecular flexibility index (Phi) is 4.78. The van der Waals surface area contributed by atoms with Crippen LogP contribution in [0.5, 0.6) is 0 Å². The summed E-state index contributed by atoms with van der Waals surface area (Å²) in [6.07, 6.45) is 3.70. The molecule has 29 heavy (non-hydrogen) atoms. The zero-order valence-electron chi connectivity index (χ0n) is 16.3. The lowest BCUT2D eigenvalue weighted by atomic mass is 10.00. The minimum Gasteiger partial charge on any atom is -0.354 e. The molecule has 5 rings (SSSR count). The molecule has 144 valence electrons. The van der Waals surface area contributed by atoms with Gasteiger partial charge in [0.05, 0.1) is 5.52 Å². The van der Waals surface area contributed by atoms with Gasteiger partial charge < -0.3 is 10.2 Å². The van der Waals surface area contributed by atoms with Crippen LogP contribution in [-0.2, 0) is 19.4 Å². The van der Waals surface area contributed by atoms with E-state index in [1.807, 2.05) is 30.5 Å². The van der Waals surface area contributed by atoms with Crippen LogP contribution in [0, 0.1) is 0 Å². The summed E-state index contributed by atoms with van der Waals surface area (Å²) in [6.45, 7) is 2.59. The molecule has 0 aliphatic carbocycles. The molecule has 3 heterocycles. The molecule has 2 aromatic heterocycles. The van der Waals surface area contributed by atoms with E-state index in [9.17, 15) is 0 Å². The van der Waals surface area contributed by atoms with Crippen LogP contribution >= 0.6 is 0 Å². The van der Waals surface area contributed by atoms with Gasteiger partial charge in [-0.2, -0.15) is 4.98 Å². The van der Waals surface area contributed by atoms with Crippen LogP contribution in [0.25, 0.3) is 10.9 Å². The molecule has 0 saturated carbocycles. The highest BCUT2D eigenvalue weighted by Gasteiger charge is 2.20. The predicted molar refractivity (Wildman–Crippen MR) is 117 cm³/mol. The second kappa shape index (κ2) is 7.87. The lowest BCUT2D eigenvalue weighted by Gasteiger charge is -2.30. The Morgan fingerprint density at radius 2 is 1.69 bits per heavy atom. The average Bonchev–Trinajstić information content (AvgIpc) is 2.79. The number of nitrogens with zero attached hydrogens (tertiary/aromatic N) is 4. The number of pyridine rings is 1. The molecular formula is C24H23N5. The van der Waals surface area contributed by atoms with E-state index >= 15 is 0 Å². The zero-order valence-corrected chi connectivity index (χ0v) is 16.3. The molecule has 1 aliphatic heterocycles. The summed E-state index contributed by atoms with van der Waals surface area (Å²) in [4.78, 5) is 16.4. The van der Waals surface area contributed by atoms with E-state index < -0.39 is 0 Å². The van der Waals surface area contributed by atoms with E-state index in [1.165, 1.54) is 11.1 Å². The maximum Gasteiger partial charge on any atom is 0.225 e. The van der Waals surface area contributed by atoms with Gasteiger partial charge in [-0.3, -0.25) is 4.98 Å². The summed E-state index contributed by atoms with van der Waals surface area (Å²) in [5.41, 5.74) is 4.85. The first-order chi connectivity index (χ1) is 14.4. The van der Waals surface area contributed by atoms with Crippen LogP contribution in [-0.4, -0.2) is 28.0 Å². The number of hydrogen-bond acceptors (Lipinski definition) is 5. The first-order valence-electron chi connectivity index (χ1n) is 10.1. The van der Waals surface area contributed by atoms with Crippen molar-refractivity contribution in [2.45, 2.75) is 19.4 Å². The molecule has 0 saturated heterocycles. The third kappa shape index (κ3) is 3.76. The number of aromatic nitrogens is 3. The van der Waals surface area contributed by atoms with Gasteiger partial charge in [-0.15, -0.1) is 0 Å². The summed E-state index contributed by atoms with van der Waals surface area (Å²) >= 11 is 0. The Labute approximate surface area is 170 Å². The van der Waals surface area contributed by atoms with E-state index in [-0.39, 0.29) is 0 Å². The van der Waals surface area contributed by atoms with E-state index in [1.54, 1.807) is 0 Å². The van der Waals surface area contributed by atoms with E-state index in [0.717, 1.165) is 54.9 Å². The van der Waals surface area contributed by atoms with Crippen molar-refractivity contribution in [3.05, 3.63) is 89.7 Å². The number of anilines is 2. The summed E-state index contributed by atoms with van der Waals surface area (Å²) < 4.78 is 0. The van der Waals surface area contributed by atoms with Crippen molar-refractivity contribution in [3.8, 4) is 0 Å².